The molecule has 0 aliphatic heterocycles. The van der Waals surface area contributed by atoms with E-state index in [1.54, 1.807) is 10.6 Å². The van der Waals surface area contributed by atoms with Crippen molar-refractivity contribution in [2.24, 2.45) is 0 Å². The third kappa shape index (κ3) is 3.44. The highest BCUT2D eigenvalue weighted by atomic mass is 32.2. The van der Waals surface area contributed by atoms with Crippen molar-refractivity contribution in [2.45, 2.75) is 44.6 Å². The molecule has 26 heavy (non-hydrogen) atoms. The largest absolute Gasteiger partial charge is 0.293 e. The van der Waals surface area contributed by atoms with Gasteiger partial charge in [-0.15, -0.1) is 0 Å². The number of hydrogen-bond acceptors (Lipinski definition) is 4. The van der Waals surface area contributed by atoms with E-state index in [9.17, 15) is 9.59 Å². The highest BCUT2D eigenvalue weighted by Gasteiger charge is 2.20. The summed E-state index contributed by atoms with van der Waals surface area (Å²) in [5.41, 5.74) is 3.56. The van der Waals surface area contributed by atoms with E-state index in [0.29, 0.717) is 28.2 Å². The van der Waals surface area contributed by atoms with Gasteiger partial charge >= 0.3 is 0 Å². The van der Waals surface area contributed by atoms with E-state index in [4.69, 9.17) is 0 Å². The number of fused-ring (bicyclic) bond motifs is 1. The van der Waals surface area contributed by atoms with Gasteiger partial charge in [0.15, 0.2) is 10.9 Å². The number of para-hydroxylation sites is 1. The molecule has 0 saturated heterocycles. The maximum absolute atomic E-state index is 12.8. The Morgan fingerprint density at radius 2 is 1.88 bits per heavy atom. The summed E-state index contributed by atoms with van der Waals surface area (Å²) in [6, 6.07) is 13.1. The average Bonchev–Trinajstić information content (AvgIpc) is 2.63. The summed E-state index contributed by atoms with van der Waals surface area (Å²) in [5, 5.41) is 0.857. The van der Waals surface area contributed by atoms with Crippen LogP contribution >= 0.6 is 11.8 Å². The lowest BCUT2D eigenvalue weighted by molar-refractivity contribution is 0.0993. The van der Waals surface area contributed by atoms with Crippen LogP contribution < -0.4 is 5.56 Å². The van der Waals surface area contributed by atoms with Crippen LogP contribution in [0.5, 0.6) is 0 Å². The first-order valence-electron chi connectivity index (χ1n) is 8.70. The third-order valence-electron chi connectivity index (χ3n) is 4.59. The summed E-state index contributed by atoms with van der Waals surface area (Å²) in [5.74, 6) is 0.0446. The van der Waals surface area contributed by atoms with Crippen LogP contribution in [0.15, 0.2) is 52.4 Å². The lowest BCUT2D eigenvalue weighted by Gasteiger charge is -2.15. The van der Waals surface area contributed by atoms with Crippen LogP contribution in [0.2, 0.25) is 0 Å². The van der Waals surface area contributed by atoms with Gasteiger partial charge in [-0.05, 0) is 57.0 Å². The number of benzene rings is 2. The van der Waals surface area contributed by atoms with Crippen LogP contribution in [0.3, 0.4) is 0 Å². The van der Waals surface area contributed by atoms with E-state index in [0.717, 1.165) is 11.1 Å². The van der Waals surface area contributed by atoms with Crippen LogP contribution in [0.25, 0.3) is 10.9 Å². The minimum Gasteiger partial charge on any atom is -0.293 e. The summed E-state index contributed by atoms with van der Waals surface area (Å²) in [6.45, 7) is 8.33. The molecule has 1 atom stereocenters. The van der Waals surface area contributed by atoms with Crippen molar-refractivity contribution in [1.82, 2.24) is 9.55 Å². The molecule has 3 rings (SSSR count). The molecule has 1 aromatic heterocycles. The minimum atomic E-state index is -0.331. The fourth-order valence-electron chi connectivity index (χ4n) is 2.86. The van der Waals surface area contributed by atoms with Gasteiger partial charge in [0.25, 0.3) is 5.56 Å². The van der Waals surface area contributed by atoms with Crippen molar-refractivity contribution in [3.05, 3.63) is 69.5 Å². The molecule has 134 valence electrons. The fourth-order valence-corrected chi connectivity index (χ4v) is 3.91. The zero-order chi connectivity index (χ0) is 18.8. The molecule has 0 aliphatic carbocycles. The Balaban J connectivity index is 1.96. The molecule has 0 N–H and O–H groups in total. The van der Waals surface area contributed by atoms with Gasteiger partial charge in [0.1, 0.15) is 0 Å². The maximum Gasteiger partial charge on any atom is 0.262 e. The normalized spacial score (nSPS) is 12.3. The van der Waals surface area contributed by atoms with Gasteiger partial charge in [-0.2, -0.15) is 0 Å². The number of ketones is 1. The summed E-state index contributed by atoms with van der Waals surface area (Å²) in [6.07, 6.45) is 0. The minimum absolute atomic E-state index is 0.0446. The van der Waals surface area contributed by atoms with Gasteiger partial charge in [0, 0.05) is 12.1 Å². The van der Waals surface area contributed by atoms with E-state index >= 15 is 0 Å². The van der Waals surface area contributed by atoms with Crippen LogP contribution in [-0.4, -0.2) is 20.6 Å². The van der Waals surface area contributed by atoms with Gasteiger partial charge in [-0.1, -0.05) is 36.0 Å². The van der Waals surface area contributed by atoms with Crippen LogP contribution in [0.4, 0.5) is 0 Å². The number of carbonyl (C=O) groups excluding carboxylic acids is 1. The van der Waals surface area contributed by atoms with E-state index in [1.165, 1.54) is 11.8 Å². The Morgan fingerprint density at radius 3 is 2.58 bits per heavy atom. The number of rotatable bonds is 5. The molecular weight excluding hydrogens is 344 g/mol. The topological polar surface area (TPSA) is 52.0 Å². The molecule has 0 aliphatic rings. The number of thioether (sulfide) groups is 1. The highest BCUT2D eigenvalue weighted by Crippen LogP contribution is 2.25. The molecule has 4 nitrogen and oxygen atoms in total. The molecule has 3 aromatic rings. The van der Waals surface area contributed by atoms with Crippen LogP contribution in [-0.2, 0) is 6.54 Å². The first-order chi connectivity index (χ1) is 12.4. The van der Waals surface area contributed by atoms with Crippen molar-refractivity contribution in [3.8, 4) is 0 Å². The molecule has 0 saturated carbocycles. The van der Waals surface area contributed by atoms with E-state index in [1.807, 2.05) is 64.1 Å². The second kappa shape index (κ2) is 7.46. The average molecular weight is 366 g/mol. The van der Waals surface area contributed by atoms with Gasteiger partial charge in [0.05, 0.1) is 16.2 Å². The SMILES string of the molecule is CCn1c(S[C@@H](C)C(=O)c2ccc(C)c(C)c2)nc2ccccc2c1=O. The molecular formula is C21H22N2O2S. The number of carbonyl (C=O) groups is 1. The van der Waals surface area contributed by atoms with Crippen molar-refractivity contribution < 1.29 is 4.79 Å². The monoisotopic (exact) mass is 366 g/mol. The van der Waals surface area contributed by atoms with Crippen LogP contribution in [0, 0.1) is 13.8 Å². The Kier molecular flexibility index (Phi) is 5.28. The quantitative estimate of drug-likeness (QED) is 0.382. The van der Waals surface area contributed by atoms with Crippen molar-refractivity contribution in [2.75, 3.05) is 0 Å². The zero-order valence-electron chi connectivity index (χ0n) is 15.4. The van der Waals surface area contributed by atoms with Gasteiger partial charge in [-0.3, -0.25) is 14.2 Å². The van der Waals surface area contributed by atoms with Gasteiger partial charge < -0.3 is 0 Å². The third-order valence-corrected chi connectivity index (χ3v) is 5.68. The number of nitrogens with zero attached hydrogens (tertiary/aromatic N) is 2. The fraction of sp³-hybridized carbons (Fsp3) is 0.286. The highest BCUT2D eigenvalue weighted by molar-refractivity contribution is 8.00. The molecule has 0 radical (unpaired) electrons. The first-order valence-corrected chi connectivity index (χ1v) is 9.58. The standard InChI is InChI=1S/C21H22N2O2S/c1-5-23-20(25)17-8-6-7-9-18(17)22-21(23)26-15(4)19(24)16-11-10-13(2)14(3)12-16/h6-12,15H,5H2,1-4H3/t15-/m0/s1. The van der Waals surface area contributed by atoms with Crippen molar-refractivity contribution in [3.63, 3.8) is 0 Å². The molecule has 0 amide bonds. The number of Topliss-reactive ketones (excluding diaryl/α,β-unsaturated/α-hetero) is 1. The van der Waals surface area contributed by atoms with Gasteiger partial charge in [-0.25, -0.2) is 4.98 Å². The second-order valence-corrected chi connectivity index (χ2v) is 7.69. The molecule has 2 aromatic carbocycles. The Hall–Kier alpha value is -2.40. The number of aryl methyl sites for hydroxylation is 2. The molecule has 0 unspecified atom stereocenters. The van der Waals surface area contributed by atoms with Crippen molar-refractivity contribution >= 4 is 28.4 Å². The maximum atomic E-state index is 12.8. The first kappa shape index (κ1) is 18.4. The smallest absolute Gasteiger partial charge is 0.262 e. The molecule has 5 heteroatoms. The molecule has 0 bridgehead atoms. The predicted molar refractivity (Wildman–Crippen MR) is 107 cm³/mol. The Morgan fingerprint density at radius 1 is 1.15 bits per heavy atom. The second-order valence-electron chi connectivity index (χ2n) is 6.38. The van der Waals surface area contributed by atoms with Gasteiger partial charge in [0.2, 0.25) is 0 Å². The summed E-state index contributed by atoms with van der Waals surface area (Å²) in [7, 11) is 0. The Labute approximate surface area is 157 Å². The molecule has 0 fully saturated rings. The molecule has 0 spiro atoms. The van der Waals surface area contributed by atoms with Crippen LogP contribution in [0.1, 0.15) is 35.3 Å². The molecule has 1 heterocycles. The zero-order valence-corrected chi connectivity index (χ0v) is 16.3. The van der Waals surface area contributed by atoms with E-state index < -0.39 is 0 Å². The lowest BCUT2D eigenvalue weighted by atomic mass is 10.0. The summed E-state index contributed by atoms with van der Waals surface area (Å²) >= 11 is 1.34. The van der Waals surface area contributed by atoms with E-state index in [2.05, 4.69) is 4.98 Å². The Bertz CT molecular complexity index is 1040. The number of aromatic nitrogens is 2. The summed E-state index contributed by atoms with van der Waals surface area (Å²) in [4.78, 5) is 30.2. The summed E-state index contributed by atoms with van der Waals surface area (Å²) < 4.78 is 1.64. The van der Waals surface area contributed by atoms with E-state index in [-0.39, 0.29) is 16.6 Å². The number of hydrogen-bond donors (Lipinski definition) is 0. The van der Waals surface area contributed by atoms with Crippen molar-refractivity contribution in [1.29, 1.82) is 0 Å². The predicted octanol–water partition coefficient (Wildman–Crippen LogP) is 4.40. The lowest BCUT2D eigenvalue weighted by Crippen LogP contribution is -2.24.